The number of furan rings is 1. The summed E-state index contributed by atoms with van der Waals surface area (Å²) in [6, 6.07) is 10.2. The first-order chi connectivity index (χ1) is 10.9. The standard InChI is InChI=1S/C15H15BrF2N2O3.ClH/c16-10-2-1-3-11(6-10)22-7-12-4-5-13(23-12)14(21)20-9-15(17,18)8-19;/h1-6H,7-9,19H2,(H,20,21);1H. The van der Waals surface area contributed by atoms with Gasteiger partial charge in [-0.15, -0.1) is 12.4 Å². The van der Waals surface area contributed by atoms with Gasteiger partial charge in [0, 0.05) is 4.47 Å². The second kappa shape index (κ2) is 9.00. The Morgan fingerprint density at radius 1 is 1.33 bits per heavy atom. The number of nitrogens with one attached hydrogen (secondary N) is 1. The normalized spacial score (nSPS) is 10.8. The monoisotopic (exact) mass is 424 g/mol. The van der Waals surface area contributed by atoms with Gasteiger partial charge in [0.1, 0.15) is 18.1 Å². The van der Waals surface area contributed by atoms with Crippen LogP contribution < -0.4 is 15.8 Å². The molecular formula is C15H16BrClF2N2O3. The average Bonchev–Trinajstić information content (AvgIpc) is 3.00. The Labute approximate surface area is 152 Å². The van der Waals surface area contributed by atoms with Crippen LogP contribution in [0.15, 0.2) is 45.3 Å². The highest BCUT2D eigenvalue weighted by atomic mass is 79.9. The van der Waals surface area contributed by atoms with Crippen molar-refractivity contribution in [3.63, 3.8) is 0 Å². The lowest BCUT2D eigenvalue weighted by molar-refractivity contribution is 0.0115. The molecule has 1 amide bonds. The highest BCUT2D eigenvalue weighted by Gasteiger charge is 2.27. The van der Waals surface area contributed by atoms with Gasteiger partial charge >= 0.3 is 0 Å². The molecule has 0 bridgehead atoms. The molecule has 0 saturated heterocycles. The second-order valence-electron chi connectivity index (χ2n) is 4.75. The van der Waals surface area contributed by atoms with Crippen molar-refractivity contribution in [3.05, 3.63) is 52.4 Å². The molecule has 0 unspecified atom stereocenters. The van der Waals surface area contributed by atoms with Crippen molar-refractivity contribution in [2.45, 2.75) is 12.5 Å². The van der Waals surface area contributed by atoms with Gasteiger partial charge in [0.05, 0.1) is 13.1 Å². The Bertz CT molecular complexity index is 682. The molecule has 9 heteroatoms. The zero-order valence-corrected chi connectivity index (χ0v) is 14.8. The average molecular weight is 426 g/mol. The van der Waals surface area contributed by atoms with Gasteiger partial charge in [0.2, 0.25) is 0 Å². The minimum Gasteiger partial charge on any atom is -0.486 e. The summed E-state index contributed by atoms with van der Waals surface area (Å²) in [5, 5.41) is 2.08. The third kappa shape index (κ3) is 6.10. The molecule has 0 radical (unpaired) electrons. The van der Waals surface area contributed by atoms with E-state index in [0.29, 0.717) is 11.5 Å². The van der Waals surface area contributed by atoms with E-state index in [1.54, 1.807) is 18.2 Å². The molecule has 0 aliphatic rings. The number of rotatable bonds is 7. The number of ether oxygens (including phenoxy) is 1. The molecule has 24 heavy (non-hydrogen) atoms. The molecule has 0 fully saturated rings. The zero-order chi connectivity index (χ0) is 16.9. The van der Waals surface area contributed by atoms with E-state index in [1.165, 1.54) is 6.07 Å². The summed E-state index contributed by atoms with van der Waals surface area (Å²) in [7, 11) is 0. The summed E-state index contributed by atoms with van der Waals surface area (Å²) in [5.74, 6) is -2.91. The maximum Gasteiger partial charge on any atom is 0.287 e. The molecule has 132 valence electrons. The van der Waals surface area contributed by atoms with E-state index < -0.39 is 24.9 Å². The van der Waals surface area contributed by atoms with E-state index in [9.17, 15) is 13.6 Å². The van der Waals surface area contributed by atoms with Crippen molar-refractivity contribution < 1.29 is 22.7 Å². The van der Waals surface area contributed by atoms with Gasteiger partial charge in [0.25, 0.3) is 11.8 Å². The topological polar surface area (TPSA) is 77.5 Å². The molecule has 2 aromatic rings. The first-order valence-electron chi connectivity index (χ1n) is 6.73. The maximum absolute atomic E-state index is 13.0. The molecule has 0 aliphatic heterocycles. The van der Waals surface area contributed by atoms with Crippen molar-refractivity contribution in [2.75, 3.05) is 13.1 Å². The highest BCUT2D eigenvalue weighted by Crippen LogP contribution is 2.19. The van der Waals surface area contributed by atoms with Crippen LogP contribution in [0.1, 0.15) is 16.3 Å². The van der Waals surface area contributed by atoms with Crippen molar-refractivity contribution in [3.8, 4) is 5.75 Å². The Morgan fingerprint density at radius 2 is 2.08 bits per heavy atom. The van der Waals surface area contributed by atoms with Crippen molar-refractivity contribution in [1.82, 2.24) is 5.32 Å². The third-order valence-corrected chi connectivity index (χ3v) is 3.36. The van der Waals surface area contributed by atoms with Crippen LogP contribution in [0.2, 0.25) is 0 Å². The number of carbonyl (C=O) groups is 1. The Hall–Kier alpha value is -1.64. The van der Waals surface area contributed by atoms with Gasteiger partial charge in [-0.2, -0.15) is 0 Å². The first-order valence-corrected chi connectivity index (χ1v) is 7.52. The number of alkyl halides is 2. The number of hydrogen-bond acceptors (Lipinski definition) is 4. The third-order valence-electron chi connectivity index (χ3n) is 2.87. The molecule has 0 atom stereocenters. The predicted molar refractivity (Wildman–Crippen MR) is 90.8 cm³/mol. The molecule has 0 spiro atoms. The van der Waals surface area contributed by atoms with Crippen molar-refractivity contribution >= 4 is 34.2 Å². The molecule has 2 rings (SSSR count). The molecule has 3 N–H and O–H groups in total. The molecular weight excluding hydrogens is 410 g/mol. The van der Waals surface area contributed by atoms with E-state index in [4.69, 9.17) is 14.9 Å². The minimum atomic E-state index is -3.14. The van der Waals surface area contributed by atoms with Crippen LogP contribution >= 0.6 is 28.3 Å². The summed E-state index contributed by atoms with van der Waals surface area (Å²) < 4.78 is 37.6. The summed E-state index contributed by atoms with van der Waals surface area (Å²) in [6.45, 7) is -1.56. The Morgan fingerprint density at radius 3 is 2.75 bits per heavy atom. The van der Waals surface area contributed by atoms with E-state index in [2.05, 4.69) is 21.2 Å². The Balaban J connectivity index is 0.00000288. The molecule has 1 aromatic heterocycles. The van der Waals surface area contributed by atoms with Crippen LogP contribution in [0, 0.1) is 0 Å². The quantitative estimate of drug-likeness (QED) is 0.713. The zero-order valence-electron chi connectivity index (χ0n) is 12.4. The lowest BCUT2D eigenvalue weighted by Gasteiger charge is -2.13. The molecule has 0 saturated carbocycles. The summed E-state index contributed by atoms with van der Waals surface area (Å²) in [5.41, 5.74) is 4.90. The van der Waals surface area contributed by atoms with Crippen LogP contribution in [-0.2, 0) is 6.61 Å². The van der Waals surface area contributed by atoms with Crippen LogP contribution in [0.4, 0.5) is 8.78 Å². The largest absolute Gasteiger partial charge is 0.486 e. The number of benzene rings is 1. The molecule has 1 heterocycles. The fourth-order valence-electron chi connectivity index (χ4n) is 1.66. The van der Waals surface area contributed by atoms with Crippen LogP contribution in [-0.4, -0.2) is 24.9 Å². The minimum absolute atomic E-state index is 0. The van der Waals surface area contributed by atoms with E-state index in [-0.39, 0.29) is 24.8 Å². The second-order valence-corrected chi connectivity index (χ2v) is 5.67. The Kier molecular flexibility index (Phi) is 7.65. The van der Waals surface area contributed by atoms with Crippen LogP contribution in [0.5, 0.6) is 5.75 Å². The van der Waals surface area contributed by atoms with Crippen molar-refractivity contribution in [2.24, 2.45) is 5.73 Å². The summed E-state index contributed by atoms with van der Waals surface area (Å²) >= 11 is 3.32. The first kappa shape index (κ1) is 20.4. The van der Waals surface area contributed by atoms with E-state index >= 15 is 0 Å². The summed E-state index contributed by atoms with van der Waals surface area (Å²) in [4.78, 5) is 11.7. The van der Waals surface area contributed by atoms with Gasteiger partial charge in [-0.1, -0.05) is 22.0 Å². The molecule has 5 nitrogen and oxygen atoms in total. The van der Waals surface area contributed by atoms with Crippen LogP contribution in [0.3, 0.4) is 0 Å². The van der Waals surface area contributed by atoms with Crippen LogP contribution in [0.25, 0.3) is 0 Å². The number of hydrogen-bond donors (Lipinski definition) is 2. The van der Waals surface area contributed by atoms with Crippen molar-refractivity contribution in [1.29, 1.82) is 0 Å². The number of carbonyl (C=O) groups excluding carboxylic acids is 1. The van der Waals surface area contributed by atoms with Gasteiger partial charge in [-0.3, -0.25) is 4.79 Å². The fraction of sp³-hybridized carbons (Fsp3) is 0.267. The smallest absolute Gasteiger partial charge is 0.287 e. The van der Waals surface area contributed by atoms with Gasteiger partial charge < -0.3 is 20.2 Å². The maximum atomic E-state index is 13.0. The van der Waals surface area contributed by atoms with E-state index in [1.807, 2.05) is 12.1 Å². The number of halogens is 4. The fourth-order valence-corrected chi connectivity index (χ4v) is 2.04. The molecule has 1 aromatic carbocycles. The van der Waals surface area contributed by atoms with Gasteiger partial charge in [-0.25, -0.2) is 8.78 Å². The number of nitrogens with two attached hydrogens (primary N) is 1. The highest BCUT2D eigenvalue weighted by molar-refractivity contribution is 9.10. The lowest BCUT2D eigenvalue weighted by atomic mass is 10.3. The lowest BCUT2D eigenvalue weighted by Crippen LogP contribution is -2.41. The summed E-state index contributed by atoms with van der Waals surface area (Å²) in [6.07, 6.45) is 0. The SMILES string of the molecule is Cl.NCC(F)(F)CNC(=O)c1ccc(COc2cccc(Br)c2)o1. The van der Waals surface area contributed by atoms with Gasteiger partial charge in [-0.05, 0) is 30.3 Å². The predicted octanol–water partition coefficient (Wildman–Crippen LogP) is 3.37. The van der Waals surface area contributed by atoms with Gasteiger partial charge in [0.15, 0.2) is 5.76 Å². The van der Waals surface area contributed by atoms with E-state index in [0.717, 1.165) is 4.47 Å². The number of amides is 1. The molecule has 0 aliphatic carbocycles.